The molecule has 3 amide bonds. The van der Waals surface area contributed by atoms with Gasteiger partial charge in [0.05, 0.1) is 17.4 Å². The molecule has 1 fully saturated rings. The predicted octanol–water partition coefficient (Wildman–Crippen LogP) is 5.10. The van der Waals surface area contributed by atoms with Crippen molar-refractivity contribution in [2.24, 2.45) is 7.05 Å². The molecular weight excluding hydrogens is 555 g/mol. The van der Waals surface area contributed by atoms with Crippen molar-refractivity contribution in [1.82, 2.24) is 19.4 Å². The van der Waals surface area contributed by atoms with Crippen LogP contribution in [0.15, 0.2) is 66.9 Å². The average molecular weight is 582 g/mol. The van der Waals surface area contributed by atoms with E-state index in [-0.39, 0.29) is 30.4 Å². The molecule has 13 heteroatoms. The van der Waals surface area contributed by atoms with Crippen molar-refractivity contribution >= 4 is 34.5 Å². The maximum absolute atomic E-state index is 13.1. The quantitative estimate of drug-likeness (QED) is 0.352. The molecule has 0 spiro atoms. The lowest BCUT2D eigenvalue weighted by Gasteiger charge is -2.33. The number of aryl methyl sites for hydroxylation is 1. The van der Waals surface area contributed by atoms with E-state index in [0.29, 0.717) is 30.2 Å². The molecule has 1 aliphatic rings. The van der Waals surface area contributed by atoms with E-state index in [1.54, 1.807) is 46.8 Å². The molecule has 2 aromatic heterocycles. The van der Waals surface area contributed by atoms with E-state index in [0.717, 1.165) is 35.2 Å². The Morgan fingerprint density at radius 1 is 0.929 bits per heavy atom. The summed E-state index contributed by atoms with van der Waals surface area (Å²) in [6.45, 7) is 1.14. The molecule has 0 aliphatic carbocycles. The van der Waals surface area contributed by atoms with Gasteiger partial charge in [0.2, 0.25) is 5.88 Å². The third kappa shape index (κ3) is 5.71. The fourth-order valence-corrected chi connectivity index (χ4v) is 4.72. The smallest absolute Gasteiger partial charge is 0.416 e. The number of halogens is 3. The van der Waals surface area contributed by atoms with Crippen molar-refractivity contribution in [3.8, 4) is 11.6 Å². The van der Waals surface area contributed by atoms with Gasteiger partial charge in [-0.15, -0.1) is 0 Å². The number of hydrogen-bond acceptors (Lipinski definition) is 5. The van der Waals surface area contributed by atoms with Crippen LogP contribution in [0.2, 0.25) is 0 Å². The summed E-state index contributed by atoms with van der Waals surface area (Å²) in [6, 6.07) is 14.2. The minimum absolute atomic E-state index is 0.0994. The normalized spacial score (nSPS) is 13.7. The molecule has 42 heavy (non-hydrogen) atoms. The molecule has 0 atom stereocenters. The van der Waals surface area contributed by atoms with E-state index in [9.17, 15) is 27.6 Å². The number of benzene rings is 2. The molecule has 1 saturated heterocycles. The van der Waals surface area contributed by atoms with Gasteiger partial charge in [-0.1, -0.05) is 0 Å². The molecule has 0 unspecified atom stereocenters. The van der Waals surface area contributed by atoms with Crippen LogP contribution in [0.3, 0.4) is 0 Å². The van der Waals surface area contributed by atoms with Crippen molar-refractivity contribution in [1.29, 1.82) is 0 Å². The fourth-order valence-electron chi connectivity index (χ4n) is 4.72. The summed E-state index contributed by atoms with van der Waals surface area (Å²) in [5.41, 5.74) is 0.952. The summed E-state index contributed by atoms with van der Waals surface area (Å²) in [6.07, 6.45) is -4.07. The van der Waals surface area contributed by atoms with Crippen LogP contribution in [0.1, 0.15) is 26.4 Å². The Balaban J connectivity index is 1.26. The number of anilines is 1. The first-order valence-electron chi connectivity index (χ1n) is 12.9. The van der Waals surface area contributed by atoms with Crippen LogP contribution < -0.4 is 9.64 Å². The molecule has 4 aromatic rings. The molecule has 1 N–H and O–H groups in total. The van der Waals surface area contributed by atoms with Crippen LogP contribution in [0.4, 0.5) is 23.7 Å². The van der Waals surface area contributed by atoms with Gasteiger partial charge in [0.1, 0.15) is 11.4 Å². The minimum Gasteiger partial charge on any atom is -0.465 e. The molecule has 0 bridgehead atoms. The number of rotatable bonds is 5. The lowest BCUT2D eigenvalue weighted by atomic mass is 10.1. The van der Waals surface area contributed by atoms with Crippen molar-refractivity contribution in [2.45, 2.75) is 6.18 Å². The monoisotopic (exact) mass is 581 g/mol. The summed E-state index contributed by atoms with van der Waals surface area (Å²) in [5.74, 6) is 0.0323. The standard InChI is InChI=1S/C29H26F3N5O5/c1-34(26(38)18-3-5-20(6-4-18)29(30,31)32)21-7-10-25(33-17-21)42-22-8-9-23-19(15-22)16-24(35(23)2)27(39)36-11-13-37(14-12-36)28(40)41/h3-10,15-17H,11-14H2,1-2H3,(H,40,41). The van der Waals surface area contributed by atoms with E-state index in [1.807, 2.05) is 6.07 Å². The Morgan fingerprint density at radius 2 is 1.60 bits per heavy atom. The lowest BCUT2D eigenvalue weighted by molar-refractivity contribution is -0.137. The minimum atomic E-state index is -4.49. The highest BCUT2D eigenvalue weighted by molar-refractivity contribution is 6.05. The number of fused-ring (bicyclic) bond motifs is 1. The molecule has 3 heterocycles. The first-order valence-corrected chi connectivity index (χ1v) is 12.9. The van der Waals surface area contributed by atoms with Gasteiger partial charge < -0.3 is 29.1 Å². The van der Waals surface area contributed by atoms with E-state index in [1.165, 1.54) is 23.0 Å². The third-order valence-electron chi connectivity index (χ3n) is 7.16. The Morgan fingerprint density at radius 3 is 2.19 bits per heavy atom. The SMILES string of the molecule is CN(C(=O)c1ccc(C(F)(F)F)cc1)c1ccc(Oc2ccc3c(c2)cc(C(=O)N2CCN(C(=O)O)CC2)n3C)nc1. The van der Waals surface area contributed by atoms with Crippen LogP contribution in [0, 0.1) is 0 Å². The maximum atomic E-state index is 13.1. The van der Waals surface area contributed by atoms with Crippen molar-refractivity contribution in [3.63, 3.8) is 0 Å². The number of carbonyl (C=O) groups is 3. The summed E-state index contributed by atoms with van der Waals surface area (Å²) in [5, 5.41) is 9.90. The van der Waals surface area contributed by atoms with Gasteiger partial charge in [-0.25, -0.2) is 9.78 Å². The van der Waals surface area contributed by atoms with E-state index in [4.69, 9.17) is 9.84 Å². The highest BCUT2D eigenvalue weighted by Gasteiger charge is 2.30. The molecule has 1 aliphatic heterocycles. The highest BCUT2D eigenvalue weighted by Crippen LogP contribution is 2.30. The largest absolute Gasteiger partial charge is 0.465 e. The van der Waals surface area contributed by atoms with E-state index < -0.39 is 23.7 Å². The number of hydrogen-bond donors (Lipinski definition) is 1. The number of nitrogens with zero attached hydrogens (tertiary/aromatic N) is 5. The van der Waals surface area contributed by atoms with Gasteiger partial charge in [0, 0.05) is 62.8 Å². The molecule has 2 aromatic carbocycles. The van der Waals surface area contributed by atoms with E-state index >= 15 is 0 Å². The summed E-state index contributed by atoms with van der Waals surface area (Å²) in [4.78, 5) is 45.5. The Labute approximate surface area is 238 Å². The van der Waals surface area contributed by atoms with Crippen LogP contribution >= 0.6 is 0 Å². The maximum Gasteiger partial charge on any atom is 0.416 e. The topological polar surface area (TPSA) is 108 Å². The van der Waals surface area contributed by atoms with Gasteiger partial charge >= 0.3 is 12.3 Å². The van der Waals surface area contributed by atoms with Gasteiger partial charge in [-0.05, 0) is 54.6 Å². The number of carbonyl (C=O) groups excluding carboxylic acids is 2. The molecular formula is C29H26F3N5O5. The second-order valence-corrected chi connectivity index (χ2v) is 9.77. The zero-order valence-corrected chi connectivity index (χ0v) is 22.6. The zero-order chi connectivity index (χ0) is 30.2. The summed E-state index contributed by atoms with van der Waals surface area (Å²) >= 11 is 0. The number of alkyl halides is 3. The second-order valence-electron chi connectivity index (χ2n) is 9.77. The fraction of sp³-hybridized carbons (Fsp3) is 0.241. The van der Waals surface area contributed by atoms with Crippen molar-refractivity contribution < 1.29 is 37.4 Å². The highest BCUT2D eigenvalue weighted by atomic mass is 19.4. The Bertz CT molecular complexity index is 1640. The van der Waals surface area contributed by atoms with E-state index in [2.05, 4.69) is 4.98 Å². The number of pyridine rings is 1. The average Bonchev–Trinajstić information content (AvgIpc) is 3.31. The number of ether oxygens (including phenoxy) is 1. The second kappa shape index (κ2) is 11.1. The lowest BCUT2D eigenvalue weighted by Crippen LogP contribution is -2.50. The van der Waals surface area contributed by atoms with Crippen molar-refractivity contribution in [2.75, 3.05) is 38.1 Å². The Kier molecular flexibility index (Phi) is 7.50. The van der Waals surface area contributed by atoms with Crippen LogP contribution in [-0.4, -0.2) is 75.6 Å². The molecule has 218 valence electrons. The predicted molar refractivity (Wildman–Crippen MR) is 147 cm³/mol. The van der Waals surface area contributed by atoms with Crippen LogP contribution in [0.25, 0.3) is 10.9 Å². The van der Waals surface area contributed by atoms with Crippen LogP contribution in [-0.2, 0) is 13.2 Å². The molecule has 0 saturated carbocycles. The van der Waals surface area contributed by atoms with Gasteiger partial charge in [-0.2, -0.15) is 13.2 Å². The zero-order valence-electron chi connectivity index (χ0n) is 22.6. The number of amides is 3. The number of aromatic nitrogens is 2. The first kappa shape index (κ1) is 28.5. The number of piperazine rings is 1. The van der Waals surface area contributed by atoms with Crippen LogP contribution in [0.5, 0.6) is 11.6 Å². The molecule has 5 rings (SSSR count). The third-order valence-corrected chi connectivity index (χ3v) is 7.16. The van der Waals surface area contributed by atoms with Gasteiger partial charge in [0.15, 0.2) is 0 Å². The number of carboxylic acid groups (broad SMARTS) is 1. The Hall–Kier alpha value is -5.07. The summed E-state index contributed by atoms with van der Waals surface area (Å²) in [7, 11) is 3.28. The molecule has 0 radical (unpaired) electrons. The molecule has 10 nitrogen and oxygen atoms in total. The summed E-state index contributed by atoms with van der Waals surface area (Å²) < 4.78 is 46.1. The van der Waals surface area contributed by atoms with Crippen molar-refractivity contribution in [3.05, 3.63) is 83.7 Å². The van der Waals surface area contributed by atoms with Gasteiger partial charge in [0.25, 0.3) is 11.8 Å². The first-order chi connectivity index (χ1) is 19.9. The van der Waals surface area contributed by atoms with Gasteiger partial charge in [-0.3, -0.25) is 9.59 Å².